The number of aromatic nitrogens is 3. The van der Waals surface area contributed by atoms with Crippen LogP contribution in [0.15, 0.2) is 46.1 Å². The number of hydrogen-bond acceptors (Lipinski definition) is 7. The van der Waals surface area contributed by atoms with E-state index in [0.717, 1.165) is 27.6 Å². The lowest BCUT2D eigenvalue weighted by atomic mass is 10.1. The fraction of sp³-hybridized carbons (Fsp3) is 0.150. The smallest absolute Gasteiger partial charge is 0.227 e. The predicted octanol–water partition coefficient (Wildman–Crippen LogP) is 7.06. The van der Waals surface area contributed by atoms with Gasteiger partial charge in [-0.05, 0) is 49.9 Å². The van der Waals surface area contributed by atoms with Gasteiger partial charge in [-0.15, -0.1) is 34.4 Å². The molecule has 1 N–H and O–H groups in total. The van der Waals surface area contributed by atoms with Gasteiger partial charge >= 0.3 is 0 Å². The maximum Gasteiger partial charge on any atom is 0.227 e. The summed E-state index contributed by atoms with van der Waals surface area (Å²) in [6.07, 6.45) is 3.88. The molecule has 0 fully saturated rings. The van der Waals surface area contributed by atoms with Crippen LogP contribution in [0.5, 0.6) is 0 Å². The maximum atomic E-state index is 6.07. The van der Waals surface area contributed by atoms with Crippen LogP contribution in [0.1, 0.15) is 11.3 Å². The average molecular weight is 445 g/mol. The molecule has 0 saturated carbocycles. The lowest BCUT2D eigenvalue weighted by Crippen LogP contribution is -1.98. The van der Waals surface area contributed by atoms with Crippen LogP contribution in [0, 0.1) is 13.8 Å². The molecule has 0 bridgehead atoms. The topological polar surface area (TPSA) is 50.7 Å². The summed E-state index contributed by atoms with van der Waals surface area (Å²) in [4.78, 5) is 15.0. The molecule has 4 rings (SSSR count). The molecule has 0 aliphatic heterocycles. The van der Waals surface area contributed by atoms with Gasteiger partial charge in [0.1, 0.15) is 5.01 Å². The van der Waals surface area contributed by atoms with E-state index in [-0.39, 0.29) is 0 Å². The van der Waals surface area contributed by atoms with E-state index in [1.165, 1.54) is 14.6 Å². The van der Waals surface area contributed by atoms with Crippen LogP contribution in [0.25, 0.3) is 21.1 Å². The van der Waals surface area contributed by atoms with Crippen molar-refractivity contribution in [3.63, 3.8) is 0 Å². The van der Waals surface area contributed by atoms with E-state index in [9.17, 15) is 0 Å². The molecule has 0 amide bonds. The number of nitrogens with zero attached hydrogens (tertiary/aromatic N) is 3. The zero-order chi connectivity index (χ0) is 19.7. The minimum absolute atomic E-state index is 0.545. The molecule has 1 aromatic carbocycles. The fourth-order valence-corrected chi connectivity index (χ4v) is 6.07. The second-order valence-corrected chi connectivity index (χ2v) is 9.51. The van der Waals surface area contributed by atoms with Crippen molar-refractivity contribution in [2.24, 2.45) is 0 Å². The van der Waals surface area contributed by atoms with Gasteiger partial charge in [-0.1, -0.05) is 17.7 Å². The van der Waals surface area contributed by atoms with E-state index >= 15 is 0 Å². The van der Waals surface area contributed by atoms with Crippen molar-refractivity contribution in [3.8, 4) is 21.1 Å². The Morgan fingerprint density at radius 2 is 2.00 bits per heavy atom. The second kappa shape index (κ2) is 8.21. The number of benzene rings is 1. The zero-order valence-corrected chi connectivity index (χ0v) is 18.7. The molecule has 0 radical (unpaired) electrons. The summed E-state index contributed by atoms with van der Waals surface area (Å²) in [5.41, 5.74) is 5.16. The molecule has 142 valence electrons. The number of thiophene rings is 1. The lowest BCUT2D eigenvalue weighted by Gasteiger charge is -2.08. The van der Waals surface area contributed by atoms with Crippen LogP contribution in [-0.2, 0) is 0 Å². The number of anilines is 2. The summed E-state index contributed by atoms with van der Waals surface area (Å²) >= 11 is 11.3. The van der Waals surface area contributed by atoms with Crippen molar-refractivity contribution in [2.75, 3.05) is 11.6 Å². The van der Waals surface area contributed by atoms with E-state index in [0.29, 0.717) is 11.0 Å². The number of rotatable bonds is 5. The maximum absolute atomic E-state index is 6.07. The highest BCUT2D eigenvalue weighted by Crippen LogP contribution is 2.46. The van der Waals surface area contributed by atoms with E-state index in [2.05, 4.69) is 33.8 Å². The molecule has 0 atom stereocenters. The number of hydrogen-bond donors (Lipinski definition) is 1. The third-order valence-electron chi connectivity index (χ3n) is 4.11. The van der Waals surface area contributed by atoms with Gasteiger partial charge in [-0.2, -0.15) is 0 Å². The van der Waals surface area contributed by atoms with Crippen LogP contribution in [0.4, 0.5) is 11.6 Å². The molecule has 0 aliphatic rings. The van der Waals surface area contributed by atoms with E-state index < -0.39 is 0 Å². The van der Waals surface area contributed by atoms with Gasteiger partial charge in [-0.3, -0.25) is 0 Å². The minimum Gasteiger partial charge on any atom is -0.324 e. The van der Waals surface area contributed by atoms with Gasteiger partial charge in [0.05, 0.1) is 14.8 Å². The Morgan fingerprint density at radius 1 is 1.14 bits per heavy atom. The number of nitrogens with one attached hydrogen (secondary N) is 1. The summed E-state index contributed by atoms with van der Waals surface area (Å²) in [6.45, 7) is 4.17. The second-order valence-electron chi connectivity index (χ2n) is 6.12. The van der Waals surface area contributed by atoms with Crippen molar-refractivity contribution in [1.82, 2.24) is 15.0 Å². The molecule has 0 saturated heterocycles. The first-order valence-electron chi connectivity index (χ1n) is 8.51. The van der Waals surface area contributed by atoms with Crippen LogP contribution in [0.3, 0.4) is 0 Å². The first-order valence-corrected chi connectivity index (χ1v) is 11.8. The Bertz CT molecular complexity index is 1140. The normalized spacial score (nSPS) is 11.0. The van der Waals surface area contributed by atoms with E-state index in [1.807, 2.05) is 37.3 Å². The molecule has 4 aromatic rings. The van der Waals surface area contributed by atoms with Crippen LogP contribution >= 0.6 is 46.0 Å². The summed E-state index contributed by atoms with van der Waals surface area (Å²) in [7, 11) is 0. The van der Waals surface area contributed by atoms with Gasteiger partial charge < -0.3 is 5.32 Å². The van der Waals surface area contributed by atoms with Gasteiger partial charge in [-0.25, -0.2) is 15.0 Å². The molecule has 0 spiro atoms. The van der Waals surface area contributed by atoms with Gasteiger partial charge in [0.2, 0.25) is 5.95 Å². The average Bonchev–Trinajstić information content (AvgIpc) is 3.24. The SMILES string of the molecule is CSc1sc(-c2nc(C)cs2)c(C)c1-c1ccnc(Nc2cccc(Cl)c2)n1. The molecule has 0 aliphatic carbocycles. The monoisotopic (exact) mass is 444 g/mol. The third-order valence-corrected chi connectivity index (χ3v) is 7.87. The molecule has 3 aromatic heterocycles. The Kier molecular flexibility index (Phi) is 5.68. The van der Waals surface area contributed by atoms with Crippen molar-refractivity contribution < 1.29 is 0 Å². The number of halogens is 1. The molecule has 0 unspecified atom stereocenters. The van der Waals surface area contributed by atoms with Crippen LogP contribution in [-0.4, -0.2) is 21.2 Å². The Balaban J connectivity index is 1.74. The highest BCUT2D eigenvalue weighted by molar-refractivity contribution is 8.00. The van der Waals surface area contributed by atoms with Crippen molar-refractivity contribution in [2.45, 2.75) is 18.1 Å². The third kappa shape index (κ3) is 3.93. The van der Waals surface area contributed by atoms with Crippen molar-refractivity contribution >= 4 is 57.7 Å². The van der Waals surface area contributed by atoms with E-state index in [1.54, 1.807) is 40.6 Å². The molecular weight excluding hydrogens is 428 g/mol. The first kappa shape index (κ1) is 19.4. The number of aryl methyl sites for hydroxylation is 1. The minimum atomic E-state index is 0.545. The van der Waals surface area contributed by atoms with Crippen molar-refractivity contribution in [1.29, 1.82) is 0 Å². The standard InChI is InChI=1S/C20H17ClN4S3/c1-11-10-27-18(23-11)17-12(2)16(19(26-3)28-17)15-7-8-22-20(25-15)24-14-6-4-5-13(21)9-14/h4-10H,1-3H3,(H,22,24,25). The lowest BCUT2D eigenvalue weighted by molar-refractivity contribution is 1.16. The highest BCUT2D eigenvalue weighted by Gasteiger charge is 2.20. The first-order chi connectivity index (χ1) is 13.5. The van der Waals surface area contributed by atoms with Gasteiger partial charge in [0.15, 0.2) is 0 Å². The Hall–Kier alpha value is -1.93. The molecular formula is C20H17ClN4S3. The zero-order valence-electron chi connectivity index (χ0n) is 15.5. The quantitative estimate of drug-likeness (QED) is 0.334. The fourth-order valence-electron chi connectivity index (χ4n) is 2.84. The largest absolute Gasteiger partial charge is 0.324 e. The van der Waals surface area contributed by atoms with Gasteiger partial charge in [0.25, 0.3) is 0 Å². The van der Waals surface area contributed by atoms with Crippen LogP contribution in [0.2, 0.25) is 5.02 Å². The van der Waals surface area contributed by atoms with Crippen molar-refractivity contribution in [3.05, 3.63) is 58.2 Å². The van der Waals surface area contributed by atoms with E-state index in [4.69, 9.17) is 16.6 Å². The molecule has 4 nitrogen and oxygen atoms in total. The summed E-state index contributed by atoms with van der Waals surface area (Å²) < 4.78 is 1.23. The molecule has 3 heterocycles. The van der Waals surface area contributed by atoms with Crippen LogP contribution < -0.4 is 5.32 Å². The van der Waals surface area contributed by atoms with Gasteiger partial charge in [0, 0.05) is 33.5 Å². The Morgan fingerprint density at radius 3 is 2.71 bits per heavy atom. The molecule has 8 heteroatoms. The Labute approximate surface area is 181 Å². The summed E-state index contributed by atoms with van der Waals surface area (Å²) in [6, 6.07) is 9.48. The molecule has 28 heavy (non-hydrogen) atoms. The number of thioether (sulfide) groups is 1. The number of thiazole rings is 1. The highest BCUT2D eigenvalue weighted by atomic mass is 35.5. The summed E-state index contributed by atoms with van der Waals surface area (Å²) in [5.74, 6) is 0.545. The predicted molar refractivity (Wildman–Crippen MR) is 122 cm³/mol. The summed E-state index contributed by atoms with van der Waals surface area (Å²) in [5, 5.41) is 7.05.